The first-order chi connectivity index (χ1) is 13.6. The predicted molar refractivity (Wildman–Crippen MR) is 103 cm³/mol. The van der Waals surface area contributed by atoms with Gasteiger partial charge in [-0.3, -0.25) is 9.59 Å². The molecule has 3 aromatic rings. The zero-order chi connectivity index (χ0) is 19.5. The molecule has 1 aromatic heterocycles. The smallest absolute Gasteiger partial charge is 0.272 e. The van der Waals surface area contributed by atoms with Crippen LogP contribution in [0, 0.1) is 5.82 Å². The molecular formula is C21H19FN4O2. The number of halogens is 1. The maximum atomic E-state index is 13.0. The minimum atomic E-state index is -0.325. The Bertz CT molecular complexity index is 996. The Kier molecular flexibility index (Phi) is 4.89. The summed E-state index contributed by atoms with van der Waals surface area (Å²) >= 11 is 0. The fraction of sp³-hybridized carbons (Fsp3) is 0.190. The third-order valence-corrected chi connectivity index (χ3v) is 4.69. The largest absolute Gasteiger partial charge is 0.347 e. The number of hydrogen-bond acceptors (Lipinski definition) is 3. The van der Waals surface area contributed by atoms with Crippen LogP contribution in [-0.4, -0.2) is 28.1 Å². The van der Waals surface area contributed by atoms with Gasteiger partial charge in [0.1, 0.15) is 5.82 Å². The van der Waals surface area contributed by atoms with Crippen molar-refractivity contribution in [2.75, 3.05) is 11.4 Å². The molecule has 2 heterocycles. The van der Waals surface area contributed by atoms with Gasteiger partial charge in [0.25, 0.3) is 5.91 Å². The molecule has 0 unspecified atom stereocenters. The topological polar surface area (TPSA) is 67.2 Å². The van der Waals surface area contributed by atoms with Gasteiger partial charge in [-0.2, -0.15) is 5.10 Å². The molecule has 0 spiro atoms. The third-order valence-electron chi connectivity index (χ3n) is 4.69. The van der Waals surface area contributed by atoms with Gasteiger partial charge >= 0.3 is 0 Å². The lowest BCUT2D eigenvalue weighted by Gasteiger charge is -2.16. The molecule has 6 nitrogen and oxygen atoms in total. The highest BCUT2D eigenvalue weighted by Crippen LogP contribution is 2.21. The number of carbonyl (C=O) groups is 2. The number of nitrogens with one attached hydrogen (secondary N) is 1. The Labute approximate surface area is 161 Å². The van der Waals surface area contributed by atoms with Gasteiger partial charge in [-0.25, -0.2) is 9.07 Å². The van der Waals surface area contributed by atoms with E-state index in [-0.39, 0.29) is 23.3 Å². The van der Waals surface area contributed by atoms with Crippen molar-refractivity contribution in [1.29, 1.82) is 0 Å². The molecule has 4 rings (SSSR count). The SMILES string of the molecule is O=C(NCc1ccc(N2CCCC2=O)cc1)c1ccn(-c2ccc(F)cc2)n1. The van der Waals surface area contributed by atoms with Crippen molar-refractivity contribution in [1.82, 2.24) is 15.1 Å². The van der Waals surface area contributed by atoms with Gasteiger partial charge in [-0.05, 0) is 54.4 Å². The number of anilines is 1. The summed E-state index contributed by atoms with van der Waals surface area (Å²) in [6, 6.07) is 15.1. The molecule has 1 aliphatic rings. The van der Waals surface area contributed by atoms with E-state index >= 15 is 0 Å². The monoisotopic (exact) mass is 378 g/mol. The zero-order valence-electron chi connectivity index (χ0n) is 15.1. The average molecular weight is 378 g/mol. The van der Waals surface area contributed by atoms with Crippen molar-refractivity contribution in [3.05, 3.63) is 77.9 Å². The highest BCUT2D eigenvalue weighted by atomic mass is 19.1. The van der Waals surface area contributed by atoms with Gasteiger partial charge in [-0.1, -0.05) is 12.1 Å². The van der Waals surface area contributed by atoms with E-state index < -0.39 is 0 Å². The highest BCUT2D eigenvalue weighted by Gasteiger charge is 2.21. The van der Waals surface area contributed by atoms with E-state index in [9.17, 15) is 14.0 Å². The first kappa shape index (κ1) is 17.9. The Balaban J connectivity index is 1.37. The lowest BCUT2D eigenvalue weighted by Crippen LogP contribution is -2.24. The van der Waals surface area contributed by atoms with Crippen LogP contribution in [-0.2, 0) is 11.3 Å². The minimum absolute atomic E-state index is 0.151. The van der Waals surface area contributed by atoms with Gasteiger partial charge in [0.2, 0.25) is 5.91 Å². The van der Waals surface area contributed by atoms with Crippen LogP contribution in [0.4, 0.5) is 10.1 Å². The van der Waals surface area contributed by atoms with E-state index in [1.165, 1.54) is 16.8 Å². The zero-order valence-corrected chi connectivity index (χ0v) is 15.1. The minimum Gasteiger partial charge on any atom is -0.347 e. The van der Waals surface area contributed by atoms with Gasteiger partial charge in [0.15, 0.2) is 5.69 Å². The fourth-order valence-corrected chi connectivity index (χ4v) is 3.17. The van der Waals surface area contributed by atoms with Crippen molar-refractivity contribution in [3.63, 3.8) is 0 Å². The van der Waals surface area contributed by atoms with E-state index in [4.69, 9.17) is 0 Å². The molecule has 2 amide bonds. The number of rotatable bonds is 5. The van der Waals surface area contributed by atoms with Crippen molar-refractivity contribution in [2.45, 2.75) is 19.4 Å². The Morgan fingerprint density at radius 1 is 1.04 bits per heavy atom. The molecule has 1 aliphatic heterocycles. The summed E-state index contributed by atoms with van der Waals surface area (Å²) in [7, 11) is 0. The van der Waals surface area contributed by atoms with Crippen LogP contribution in [0.15, 0.2) is 60.8 Å². The summed E-state index contributed by atoms with van der Waals surface area (Å²) < 4.78 is 14.5. The van der Waals surface area contributed by atoms with Crippen LogP contribution < -0.4 is 10.2 Å². The fourth-order valence-electron chi connectivity index (χ4n) is 3.17. The van der Waals surface area contributed by atoms with Crippen LogP contribution in [0.25, 0.3) is 5.69 Å². The molecular weight excluding hydrogens is 359 g/mol. The molecule has 7 heteroatoms. The number of carbonyl (C=O) groups excluding carboxylic acids is 2. The molecule has 0 atom stereocenters. The number of amides is 2. The summed E-state index contributed by atoms with van der Waals surface area (Å²) in [6.45, 7) is 1.11. The van der Waals surface area contributed by atoms with Crippen LogP contribution in [0.3, 0.4) is 0 Å². The van der Waals surface area contributed by atoms with E-state index in [0.717, 1.165) is 24.2 Å². The maximum Gasteiger partial charge on any atom is 0.272 e. The number of benzene rings is 2. The summed E-state index contributed by atoms with van der Waals surface area (Å²) in [4.78, 5) is 25.9. The summed E-state index contributed by atoms with van der Waals surface area (Å²) in [6.07, 6.45) is 3.15. The maximum absolute atomic E-state index is 13.0. The highest BCUT2D eigenvalue weighted by molar-refractivity contribution is 5.95. The average Bonchev–Trinajstić information content (AvgIpc) is 3.37. The second kappa shape index (κ2) is 7.64. The van der Waals surface area contributed by atoms with Gasteiger partial charge in [-0.15, -0.1) is 0 Å². The number of nitrogens with zero attached hydrogens (tertiary/aromatic N) is 3. The Morgan fingerprint density at radius 3 is 2.43 bits per heavy atom. The molecule has 0 aliphatic carbocycles. The lowest BCUT2D eigenvalue weighted by molar-refractivity contribution is -0.117. The Morgan fingerprint density at radius 2 is 1.75 bits per heavy atom. The third kappa shape index (κ3) is 3.78. The van der Waals surface area contributed by atoms with Crippen LogP contribution >= 0.6 is 0 Å². The van der Waals surface area contributed by atoms with E-state index in [2.05, 4.69) is 10.4 Å². The molecule has 0 bridgehead atoms. The van der Waals surface area contributed by atoms with Crippen LogP contribution in [0.5, 0.6) is 0 Å². The summed E-state index contributed by atoms with van der Waals surface area (Å²) in [5.74, 6) is -0.466. The van der Waals surface area contributed by atoms with E-state index in [0.29, 0.717) is 18.7 Å². The number of hydrogen-bond donors (Lipinski definition) is 1. The van der Waals surface area contributed by atoms with Gasteiger partial charge in [0, 0.05) is 31.4 Å². The molecule has 2 aromatic carbocycles. The van der Waals surface area contributed by atoms with Crippen LogP contribution in [0.2, 0.25) is 0 Å². The van der Waals surface area contributed by atoms with Gasteiger partial charge in [0.05, 0.1) is 5.69 Å². The van der Waals surface area contributed by atoms with E-state index in [1.54, 1.807) is 29.3 Å². The molecule has 28 heavy (non-hydrogen) atoms. The first-order valence-corrected chi connectivity index (χ1v) is 9.09. The standard InChI is InChI=1S/C21H19FN4O2/c22-16-5-9-18(10-6-16)26-13-11-19(24-26)21(28)23-14-15-3-7-17(8-4-15)25-12-1-2-20(25)27/h3-11,13H,1-2,12,14H2,(H,23,28). The summed E-state index contributed by atoms with van der Waals surface area (Å²) in [5.41, 5.74) is 2.77. The van der Waals surface area contributed by atoms with Crippen molar-refractivity contribution < 1.29 is 14.0 Å². The molecule has 1 N–H and O–H groups in total. The van der Waals surface area contributed by atoms with Crippen molar-refractivity contribution in [2.24, 2.45) is 0 Å². The molecule has 0 saturated carbocycles. The molecule has 1 fully saturated rings. The molecule has 0 radical (unpaired) electrons. The molecule has 142 valence electrons. The normalized spacial score (nSPS) is 13.8. The van der Waals surface area contributed by atoms with Crippen LogP contribution in [0.1, 0.15) is 28.9 Å². The first-order valence-electron chi connectivity index (χ1n) is 9.09. The molecule has 1 saturated heterocycles. The van der Waals surface area contributed by atoms with E-state index in [1.807, 2.05) is 24.3 Å². The van der Waals surface area contributed by atoms with Crippen molar-refractivity contribution >= 4 is 17.5 Å². The second-order valence-electron chi connectivity index (χ2n) is 6.62. The van der Waals surface area contributed by atoms with Gasteiger partial charge < -0.3 is 10.2 Å². The number of aromatic nitrogens is 2. The lowest BCUT2D eigenvalue weighted by atomic mass is 10.2. The second-order valence-corrected chi connectivity index (χ2v) is 6.62. The predicted octanol–water partition coefficient (Wildman–Crippen LogP) is 3.07. The summed E-state index contributed by atoms with van der Waals surface area (Å²) in [5, 5.41) is 7.07. The quantitative estimate of drug-likeness (QED) is 0.742. The Hall–Kier alpha value is -3.48. The van der Waals surface area contributed by atoms with Crippen molar-refractivity contribution in [3.8, 4) is 5.69 Å².